The first-order valence-corrected chi connectivity index (χ1v) is 11.2. The lowest BCUT2D eigenvalue weighted by atomic mass is 10.1. The molecule has 1 saturated heterocycles. The number of hydrogen-bond acceptors (Lipinski definition) is 3. The molecule has 1 heterocycles. The van der Waals surface area contributed by atoms with Gasteiger partial charge in [-0.1, -0.05) is 36.4 Å². The van der Waals surface area contributed by atoms with Crippen LogP contribution in [-0.4, -0.2) is 36.7 Å². The van der Waals surface area contributed by atoms with E-state index in [1.807, 2.05) is 24.3 Å². The normalized spacial score (nSPS) is 15.4. The Labute approximate surface area is 192 Å². The summed E-state index contributed by atoms with van der Waals surface area (Å²) in [5.74, 6) is -0.270. The van der Waals surface area contributed by atoms with Crippen LogP contribution < -0.4 is 4.74 Å². The van der Waals surface area contributed by atoms with Gasteiger partial charge < -0.3 is 14.4 Å². The molecule has 1 aliphatic rings. The first-order valence-electron chi connectivity index (χ1n) is 11.2. The van der Waals surface area contributed by atoms with Crippen LogP contribution in [0.4, 0.5) is 8.78 Å². The summed E-state index contributed by atoms with van der Waals surface area (Å²) in [6, 6.07) is 19.9. The number of ether oxygens (including phenoxy) is 2. The first kappa shape index (κ1) is 22.9. The zero-order valence-electron chi connectivity index (χ0n) is 18.4. The molecule has 4 rings (SSSR count). The van der Waals surface area contributed by atoms with E-state index in [0.717, 1.165) is 18.4 Å². The molecule has 4 nitrogen and oxygen atoms in total. The number of nitrogens with zero attached hydrogens (tertiary/aromatic N) is 1. The summed E-state index contributed by atoms with van der Waals surface area (Å²) >= 11 is 0. The van der Waals surface area contributed by atoms with E-state index in [4.69, 9.17) is 9.47 Å². The topological polar surface area (TPSA) is 38.8 Å². The Morgan fingerprint density at radius 2 is 1.88 bits per heavy atom. The highest BCUT2D eigenvalue weighted by Gasteiger charge is 2.24. The van der Waals surface area contributed by atoms with Gasteiger partial charge in [-0.05, 0) is 60.4 Å². The van der Waals surface area contributed by atoms with Crippen molar-refractivity contribution in [1.29, 1.82) is 0 Å². The van der Waals surface area contributed by atoms with Gasteiger partial charge in [0.15, 0.2) is 0 Å². The summed E-state index contributed by atoms with van der Waals surface area (Å²) in [5.41, 5.74) is 1.81. The van der Waals surface area contributed by atoms with Gasteiger partial charge in [0, 0.05) is 31.7 Å². The number of hydrogen-bond donors (Lipinski definition) is 0. The molecular formula is C27H27F2NO3. The third kappa shape index (κ3) is 6.39. The first-order chi connectivity index (χ1) is 16.1. The van der Waals surface area contributed by atoms with Crippen LogP contribution in [0, 0.1) is 11.6 Å². The Morgan fingerprint density at radius 1 is 1.03 bits per heavy atom. The number of halogens is 2. The Hall–Kier alpha value is -3.25. The van der Waals surface area contributed by atoms with E-state index in [1.165, 1.54) is 24.3 Å². The van der Waals surface area contributed by atoms with Gasteiger partial charge in [-0.2, -0.15) is 0 Å². The summed E-state index contributed by atoms with van der Waals surface area (Å²) in [5, 5.41) is 0. The zero-order valence-corrected chi connectivity index (χ0v) is 18.4. The monoisotopic (exact) mass is 451 g/mol. The number of rotatable bonds is 9. The Kier molecular flexibility index (Phi) is 7.68. The average Bonchev–Trinajstić information content (AvgIpc) is 3.33. The summed E-state index contributed by atoms with van der Waals surface area (Å²) in [7, 11) is 0. The molecule has 172 valence electrons. The molecule has 0 saturated carbocycles. The van der Waals surface area contributed by atoms with Crippen molar-refractivity contribution in [1.82, 2.24) is 4.90 Å². The fourth-order valence-electron chi connectivity index (χ4n) is 3.99. The van der Waals surface area contributed by atoms with Crippen molar-refractivity contribution in [2.75, 3.05) is 19.8 Å². The second-order valence-electron chi connectivity index (χ2n) is 8.17. The van der Waals surface area contributed by atoms with Gasteiger partial charge in [0.2, 0.25) is 0 Å². The highest BCUT2D eigenvalue weighted by molar-refractivity contribution is 5.94. The highest BCUT2D eigenvalue weighted by atomic mass is 19.1. The fourth-order valence-corrected chi connectivity index (χ4v) is 3.99. The summed E-state index contributed by atoms with van der Waals surface area (Å²) in [4.78, 5) is 14.9. The van der Waals surface area contributed by atoms with E-state index < -0.39 is 5.82 Å². The Bertz CT molecular complexity index is 1080. The molecule has 0 aromatic heterocycles. The predicted octanol–water partition coefficient (Wildman–Crippen LogP) is 5.41. The van der Waals surface area contributed by atoms with Crippen molar-refractivity contribution < 1.29 is 23.0 Å². The van der Waals surface area contributed by atoms with Crippen LogP contribution in [0.15, 0.2) is 72.8 Å². The number of benzene rings is 3. The minimum atomic E-state index is -0.442. The molecule has 1 aliphatic heterocycles. The molecule has 3 aromatic carbocycles. The third-order valence-corrected chi connectivity index (χ3v) is 5.68. The molecule has 3 aromatic rings. The second kappa shape index (κ2) is 11.1. The smallest absolute Gasteiger partial charge is 0.254 e. The third-order valence-electron chi connectivity index (χ3n) is 5.68. The van der Waals surface area contributed by atoms with Crippen LogP contribution in [0.3, 0.4) is 0 Å². The minimum Gasteiger partial charge on any atom is -0.493 e. The molecule has 0 spiro atoms. The van der Waals surface area contributed by atoms with Crippen molar-refractivity contribution in [2.24, 2.45) is 0 Å². The SMILES string of the molecule is O=C(c1cccc(F)c1)N(Cc1cccc(OCCc2ccccc2F)c1)CC1CCCO1. The van der Waals surface area contributed by atoms with Crippen molar-refractivity contribution in [2.45, 2.75) is 31.9 Å². The standard InChI is InChI=1S/C27H27F2NO3/c28-23-9-4-8-22(17-23)27(31)30(19-25-11-5-14-32-25)18-20-6-3-10-24(16-20)33-15-13-21-7-1-2-12-26(21)29/h1-4,6-10,12,16-17,25H,5,11,13-15,18-19H2. The second-order valence-corrected chi connectivity index (χ2v) is 8.17. The maximum Gasteiger partial charge on any atom is 0.254 e. The lowest BCUT2D eigenvalue weighted by Crippen LogP contribution is -2.37. The minimum absolute atomic E-state index is 0.0253. The molecule has 0 aliphatic carbocycles. The van der Waals surface area contributed by atoms with E-state index in [9.17, 15) is 13.6 Å². The lowest BCUT2D eigenvalue weighted by Gasteiger charge is -2.26. The molecular weight excluding hydrogens is 424 g/mol. The molecule has 0 bridgehead atoms. The van der Waals surface area contributed by atoms with Gasteiger partial charge in [0.25, 0.3) is 5.91 Å². The molecule has 1 unspecified atom stereocenters. The molecule has 1 amide bonds. The maximum absolute atomic E-state index is 13.8. The van der Waals surface area contributed by atoms with Crippen LogP contribution >= 0.6 is 0 Å². The van der Waals surface area contributed by atoms with Gasteiger partial charge in [-0.25, -0.2) is 8.78 Å². The van der Waals surface area contributed by atoms with Crippen molar-refractivity contribution >= 4 is 5.91 Å². The van der Waals surface area contributed by atoms with Crippen molar-refractivity contribution in [3.63, 3.8) is 0 Å². The Balaban J connectivity index is 1.44. The summed E-state index contributed by atoms with van der Waals surface area (Å²) in [6.45, 7) is 1.82. The van der Waals surface area contributed by atoms with E-state index >= 15 is 0 Å². The molecule has 6 heteroatoms. The van der Waals surface area contributed by atoms with Crippen molar-refractivity contribution in [3.05, 3.63) is 101 Å². The fraction of sp³-hybridized carbons (Fsp3) is 0.296. The lowest BCUT2D eigenvalue weighted by molar-refractivity contribution is 0.0507. The molecule has 1 fully saturated rings. The van der Waals surface area contributed by atoms with E-state index in [-0.39, 0.29) is 17.8 Å². The highest BCUT2D eigenvalue weighted by Crippen LogP contribution is 2.20. The average molecular weight is 452 g/mol. The largest absolute Gasteiger partial charge is 0.493 e. The van der Waals surface area contributed by atoms with Crippen LogP contribution in [-0.2, 0) is 17.7 Å². The van der Waals surface area contributed by atoms with Crippen molar-refractivity contribution in [3.8, 4) is 5.75 Å². The van der Waals surface area contributed by atoms with E-state index in [1.54, 1.807) is 29.2 Å². The predicted molar refractivity (Wildman–Crippen MR) is 122 cm³/mol. The molecule has 0 radical (unpaired) electrons. The maximum atomic E-state index is 13.8. The van der Waals surface area contributed by atoms with Gasteiger partial charge >= 0.3 is 0 Å². The van der Waals surface area contributed by atoms with Crippen LogP contribution in [0.1, 0.15) is 34.3 Å². The van der Waals surface area contributed by atoms with Gasteiger partial charge in [0.1, 0.15) is 17.4 Å². The summed E-state index contributed by atoms with van der Waals surface area (Å²) in [6.07, 6.45) is 2.30. The summed E-state index contributed by atoms with van der Waals surface area (Å²) < 4.78 is 39.1. The quantitative estimate of drug-likeness (QED) is 0.437. The number of amides is 1. The number of carbonyl (C=O) groups excluding carboxylic acids is 1. The molecule has 33 heavy (non-hydrogen) atoms. The van der Waals surface area contributed by atoms with E-state index in [2.05, 4.69) is 0 Å². The van der Waals surface area contributed by atoms with Gasteiger partial charge in [0.05, 0.1) is 12.7 Å². The van der Waals surface area contributed by atoms with E-state index in [0.29, 0.717) is 49.6 Å². The Morgan fingerprint density at radius 3 is 2.67 bits per heavy atom. The van der Waals surface area contributed by atoms with Crippen LogP contribution in [0.25, 0.3) is 0 Å². The van der Waals surface area contributed by atoms with Crippen LogP contribution in [0.5, 0.6) is 5.75 Å². The molecule has 1 atom stereocenters. The van der Waals surface area contributed by atoms with Gasteiger partial charge in [-0.3, -0.25) is 4.79 Å². The molecule has 0 N–H and O–H groups in total. The van der Waals surface area contributed by atoms with Gasteiger partial charge in [-0.15, -0.1) is 0 Å². The zero-order chi connectivity index (χ0) is 23.0. The number of carbonyl (C=O) groups is 1. The van der Waals surface area contributed by atoms with Crippen LogP contribution in [0.2, 0.25) is 0 Å².